The van der Waals surface area contributed by atoms with Crippen LogP contribution in [0.4, 0.5) is 0 Å². The number of carbonyl (C=O) groups is 1. The molecule has 0 aliphatic carbocycles. The van der Waals surface area contributed by atoms with Gasteiger partial charge in [-0.2, -0.15) is 0 Å². The van der Waals surface area contributed by atoms with Gasteiger partial charge in [0.05, 0.1) is 5.69 Å². The third kappa shape index (κ3) is 3.67. The van der Waals surface area contributed by atoms with Crippen molar-refractivity contribution in [1.82, 2.24) is 14.9 Å². The molecule has 0 atom stereocenters. The summed E-state index contributed by atoms with van der Waals surface area (Å²) in [6.07, 6.45) is 5.43. The molecule has 112 valence electrons. The van der Waals surface area contributed by atoms with E-state index in [1.807, 2.05) is 24.0 Å². The molecule has 0 radical (unpaired) electrons. The Morgan fingerprint density at radius 3 is 2.38 bits per heavy atom. The summed E-state index contributed by atoms with van der Waals surface area (Å²) >= 11 is 1.47. The molecule has 0 spiro atoms. The molecule has 0 saturated heterocycles. The van der Waals surface area contributed by atoms with Crippen LogP contribution in [0.25, 0.3) is 10.6 Å². The van der Waals surface area contributed by atoms with E-state index in [2.05, 4.69) is 23.8 Å². The first kappa shape index (κ1) is 15.6. The molecule has 0 aromatic carbocycles. The van der Waals surface area contributed by atoms with E-state index in [1.165, 1.54) is 11.3 Å². The van der Waals surface area contributed by atoms with Gasteiger partial charge in [-0.25, -0.2) is 4.98 Å². The summed E-state index contributed by atoms with van der Waals surface area (Å²) in [6.45, 7) is 7.70. The maximum absolute atomic E-state index is 12.7. The van der Waals surface area contributed by atoms with E-state index in [0.717, 1.165) is 47.1 Å². The van der Waals surface area contributed by atoms with Gasteiger partial charge in [0, 0.05) is 31.0 Å². The van der Waals surface area contributed by atoms with Gasteiger partial charge in [-0.1, -0.05) is 13.8 Å². The van der Waals surface area contributed by atoms with E-state index >= 15 is 0 Å². The number of nitrogens with zero attached hydrogens (tertiary/aromatic N) is 3. The van der Waals surface area contributed by atoms with Gasteiger partial charge in [0.1, 0.15) is 9.88 Å². The molecular weight excluding hydrogens is 282 g/mol. The van der Waals surface area contributed by atoms with E-state index in [0.29, 0.717) is 0 Å². The van der Waals surface area contributed by atoms with E-state index in [-0.39, 0.29) is 5.91 Å². The second kappa shape index (κ2) is 7.31. The number of rotatable bonds is 6. The van der Waals surface area contributed by atoms with E-state index in [1.54, 1.807) is 12.4 Å². The van der Waals surface area contributed by atoms with Crippen LogP contribution in [0.5, 0.6) is 0 Å². The number of pyridine rings is 1. The number of aryl methyl sites for hydroxylation is 1. The van der Waals surface area contributed by atoms with E-state index in [9.17, 15) is 4.79 Å². The van der Waals surface area contributed by atoms with Crippen LogP contribution in [0.3, 0.4) is 0 Å². The summed E-state index contributed by atoms with van der Waals surface area (Å²) in [5.41, 5.74) is 1.82. The van der Waals surface area contributed by atoms with Crippen LogP contribution < -0.4 is 0 Å². The number of aromatic nitrogens is 2. The lowest BCUT2D eigenvalue weighted by Crippen LogP contribution is -2.32. The van der Waals surface area contributed by atoms with Gasteiger partial charge < -0.3 is 4.90 Å². The summed E-state index contributed by atoms with van der Waals surface area (Å²) in [6, 6.07) is 3.84. The molecule has 0 aliphatic rings. The first-order valence-electron chi connectivity index (χ1n) is 7.34. The summed E-state index contributed by atoms with van der Waals surface area (Å²) in [5, 5.41) is 0.881. The third-order valence-electron chi connectivity index (χ3n) is 3.19. The number of hydrogen-bond acceptors (Lipinski definition) is 4. The van der Waals surface area contributed by atoms with Gasteiger partial charge in [0.15, 0.2) is 0 Å². The number of thiazole rings is 1. The largest absolute Gasteiger partial charge is 0.338 e. The highest BCUT2D eigenvalue weighted by Crippen LogP contribution is 2.28. The van der Waals surface area contributed by atoms with Crippen molar-refractivity contribution in [3.8, 4) is 10.6 Å². The van der Waals surface area contributed by atoms with Crippen molar-refractivity contribution in [3.63, 3.8) is 0 Å². The van der Waals surface area contributed by atoms with Gasteiger partial charge in [-0.05, 0) is 31.9 Å². The maximum Gasteiger partial charge on any atom is 0.265 e. The normalized spacial score (nSPS) is 10.6. The molecule has 2 aromatic rings. The molecule has 0 aliphatic heterocycles. The fraction of sp³-hybridized carbons (Fsp3) is 0.438. The lowest BCUT2D eigenvalue weighted by Gasteiger charge is -2.20. The van der Waals surface area contributed by atoms with Gasteiger partial charge in [-0.3, -0.25) is 9.78 Å². The van der Waals surface area contributed by atoms with Crippen LogP contribution in [-0.2, 0) is 0 Å². The van der Waals surface area contributed by atoms with Crippen LogP contribution in [0.2, 0.25) is 0 Å². The van der Waals surface area contributed by atoms with Gasteiger partial charge in [-0.15, -0.1) is 11.3 Å². The van der Waals surface area contributed by atoms with Crippen molar-refractivity contribution < 1.29 is 4.79 Å². The van der Waals surface area contributed by atoms with Crippen molar-refractivity contribution in [1.29, 1.82) is 0 Å². The molecule has 2 rings (SSSR count). The van der Waals surface area contributed by atoms with Crippen molar-refractivity contribution in [2.75, 3.05) is 13.1 Å². The molecule has 21 heavy (non-hydrogen) atoms. The fourth-order valence-corrected chi connectivity index (χ4v) is 3.25. The summed E-state index contributed by atoms with van der Waals surface area (Å²) in [7, 11) is 0. The van der Waals surface area contributed by atoms with E-state index < -0.39 is 0 Å². The Kier molecular flexibility index (Phi) is 5.44. The Morgan fingerprint density at radius 1 is 1.19 bits per heavy atom. The Bertz CT molecular complexity index is 589. The smallest absolute Gasteiger partial charge is 0.265 e. The SMILES string of the molecule is CCCN(CCC)C(=O)c1sc(-c2ccncc2)nc1C. The topological polar surface area (TPSA) is 46.1 Å². The highest BCUT2D eigenvalue weighted by Gasteiger charge is 2.20. The van der Waals surface area contributed by atoms with Crippen LogP contribution >= 0.6 is 11.3 Å². The summed E-state index contributed by atoms with van der Waals surface area (Å²) < 4.78 is 0. The van der Waals surface area contributed by atoms with Crippen LogP contribution in [-0.4, -0.2) is 33.9 Å². The quantitative estimate of drug-likeness (QED) is 0.816. The van der Waals surface area contributed by atoms with Gasteiger partial charge >= 0.3 is 0 Å². The highest BCUT2D eigenvalue weighted by molar-refractivity contribution is 7.17. The number of carbonyl (C=O) groups excluding carboxylic acids is 1. The summed E-state index contributed by atoms with van der Waals surface area (Å²) in [4.78, 5) is 23.9. The average molecular weight is 303 g/mol. The van der Waals surface area contributed by atoms with Gasteiger partial charge in [0.2, 0.25) is 0 Å². The van der Waals surface area contributed by atoms with Crippen molar-refractivity contribution >= 4 is 17.2 Å². The third-order valence-corrected chi connectivity index (χ3v) is 4.39. The monoisotopic (exact) mass is 303 g/mol. The predicted molar refractivity (Wildman–Crippen MR) is 86.6 cm³/mol. The molecule has 0 unspecified atom stereocenters. The molecular formula is C16H21N3OS. The first-order chi connectivity index (χ1) is 10.2. The zero-order valence-electron chi connectivity index (χ0n) is 12.8. The summed E-state index contributed by atoms with van der Waals surface area (Å²) in [5.74, 6) is 0.106. The molecule has 0 N–H and O–H groups in total. The van der Waals surface area contributed by atoms with E-state index in [4.69, 9.17) is 0 Å². The fourth-order valence-electron chi connectivity index (χ4n) is 2.21. The van der Waals surface area contributed by atoms with Crippen LogP contribution in [0.1, 0.15) is 42.1 Å². The predicted octanol–water partition coefficient (Wildman–Crippen LogP) is 3.78. The first-order valence-corrected chi connectivity index (χ1v) is 8.16. The molecule has 4 nitrogen and oxygen atoms in total. The second-order valence-electron chi connectivity index (χ2n) is 4.96. The van der Waals surface area contributed by atoms with Crippen molar-refractivity contribution in [2.24, 2.45) is 0 Å². The number of hydrogen-bond donors (Lipinski definition) is 0. The molecule has 1 amide bonds. The highest BCUT2D eigenvalue weighted by atomic mass is 32.1. The Balaban J connectivity index is 2.28. The number of amides is 1. The van der Waals surface area contributed by atoms with Crippen LogP contribution in [0, 0.1) is 6.92 Å². The van der Waals surface area contributed by atoms with Crippen molar-refractivity contribution in [3.05, 3.63) is 35.1 Å². The molecule has 5 heteroatoms. The average Bonchev–Trinajstić information content (AvgIpc) is 2.89. The molecule has 0 fully saturated rings. The molecule has 2 aromatic heterocycles. The zero-order valence-corrected chi connectivity index (χ0v) is 13.6. The minimum absolute atomic E-state index is 0.106. The maximum atomic E-state index is 12.7. The molecule has 0 bridgehead atoms. The second-order valence-corrected chi connectivity index (χ2v) is 5.96. The Hall–Kier alpha value is -1.75. The van der Waals surface area contributed by atoms with Gasteiger partial charge in [0.25, 0.3) is 5.91 Å². The zero-order chi connectivity index (χ0) is 15.2. The lowest BCUT2D eigenvalue weighted by molar-refractivity contribution is 0.0759. The standard InChI is InChI=1S/C16H21N3OS/c1-4-10-19(11-5-2)16(20)14-12(3)18-15(21-14)13-6-8-17-9-7-13/h6-9H,4-5,10-11H2,1-3H3. The van der Waals surface area contributed by atoms with Crippen molar-refractivity contribution in [2.45, 2.75) is 33.6 Å². The molecule has 0 saturated carbocycles. The Morgan fingerprint density at radius 2 is 1.81 bits per heavy atom. The minimum atomic E-state index is 0.106. The minimum Gasteiger partial charge on any atom is -0.338 e. The molecule has 2 heterocycles. The van der Waals surface area contributed by atoms with Crippen LogP contribution in [0.15, 0.2) is 24.5 Å². The lowest BCUT2D eigenvalue weighted by atomic mass is 10.3. The Labute approximate surface area is 129 Å².